The summed E-state index contributed by atoms with van der Waals surface area (Å²) in [6, 6.07) is 9.57. The number of aromatic nitrogens is 2. The Morgan fingerprint density at radius 1 is 1.10 bits per heavy atom. The second kappa shape index (κ2) is 7.72. The number of likely N-dealkylation sites (N-methyl/N-ethyl adjacent to an activating group) is 1. The van der Waals surface area contributed by atoms with Crippen LogP contribution in [0.3, 0.4) is 0 Å². The van der Waals surface area contributed by atoms with E-state index in [0.29, 0.717) is 22.1 Å². The molecule has 0 atom stereocenters. The third kappa shape index (κ3) is 3.43. The number of carbonyl (C=O) groups is 1. The van der Waals surface area contributed by atoms with E-state index in [0.717, 1.165) is 57.5 Å². The zero-order chi connectivity index (χ0) is 20.7. The van der Waals surface area contributed by atoms with Crippen LogP contribution in [0.2, 0.25) is 0 Å². The Kier molecular flexibility index (Phi) is 4.90. The lowest BCUT2D eigenvalue weighted by Crippen LogP contribution is -2.44. The largest absolute Gasteiger partial charge is 0.369 e. The zero-order valence-corrected chi connectivity index (χ0v) is 17.3. The smallest absolute Gasteiger partial charge is 0.265 e. The summed E-state index contributed by atoms with van der Waals surface area (Å²) in [5.74, 6) is -0.152. The molecule has 1 amide bonds. The molecule has 1 aliphatic heterocycles. The summed E-state index contributed by atoms with van der Waals surface area (Å²) in [4.78, 5) is 35.4. The topological polar surface area (TPSA) is 69.9 Å². The summed E-state index contributed by atoms with van der Waals surface area (Å²) in [7, 11) is 2.13. The van der Waals surface area contributed by atoms with Crippen molar-refractivity contribution < 1.29 is 4.79 Å². The van der Waals surface area contributed by atoms with Gasteiger partial charge in [-0.15, -0.1) is 0 Å². The Bertz CT molecular complexity index is 1160. The van der Waals surface area contributed by atoms with Crippen LogP contribution in [0.5, 0.6) is 0 Å². The van der Waals surface area contributed by atoms with Crippen LogP contribution in [0.15, 0.2) is 41.3 Å². The normalized spacial score (nSPS) is 18.4. The van der Waals surface area contributed by atoms with Gasteiger partial charge < -0.3 is 15.1 Å². The van der Waals surface area contributed by atoms with Crippen molar-refractivity contribution in [3.8, 4) is 0 Å². The van der Waals surface area contributed by atoms with Crippen molar-refractivity contribution in [1.82, 2.24) is 19.6 Å². The molecule has 3 heterocycles. The molecule has 2 aliphatic rings. The molecule has 0 spiro atoms. The maximum atomic E-state index is 13.3. The SMILES string of the molecule is CN1CCN(c2ccc3nc4c(C(=O)NC5CCCC5)cccn4c(=O)c3c2)CC1. The van der Waals surface area contributed by atoms with E-state index < -0.39 is 0 Å². The van der Waals surface area contributed by atoms with Gasteiger partial charge in [-0.1, -0.05) is 12.8 Å². The average molecular weight is 406 g/mol. The summed E-state index contributed by atoms with van der Waals surface area (Å²) in [5, 5.41) is 3.69. The van der Waals surface area contributed by atoms with Crippen LogP contribution >= 0.6 is 0 Å². The number of pyridine rings is 1. The van der Waals surface area contributed by atoms with Crippen LogP contribution in [0, 0.1) is 0 Å². The van der Waals surface area contributed by atoms with E-state index in [-0.39, 0.29) is 17.5 Å². The second-order valence-electron chi connectivity index (χ2n) is 8.48. The highest BCUT2D eigenvalue weighted by Gasteiger charge is 2.21. The maximum Gasteiger partial charge on any atom is 0.265 e. The van der Waals surface area contributed by atoms with Crippen molar-refractivity contribution in [3.63, 3.8) is 0 Å². The first-order valence-corrected chi connectivity index (χ1v) is 10.8. The van der Waals surface area contributed by atoms with Gasteiger partial charge in [-0.2, -0.15) is 0 Å². The quantitative estimate of drug-likeness (QED) is 0.677. The van der Waals surface area contributed by atoms with Gasteiger partial charge in [0.25, 0.3) is 11.5 Å². The molecule has 3 aromatic rings. The monoisotopic (exact) mass is 405 g/mol. The van der Waals surface area contributed by atoms with Gasteiger partial charge in [0, 0.05) is 44.1 Å². The van der Waals surface area contributed by atoms with Crippen LogP contribution in [-0.4, -0.2) is 59.5 Å². The molecular weight excluding hydrogens is 378 g/mol. The van der Waals surface area contributed by atoms with E-state index >= 15 is 0 Å². The van der Waals surface area contributed by atoms with Gasteiger partial charge in [0.2, 0.25) is 0 Å². The molecule has 0 unspecified atom stereocenters. The Labute approximate surface area is 175 Å². The minimum Gasteiger partial charge on any atom is -0.369 e. The van der Waals surface area contributed by atoms with Gasteiger partial charge in [0.1, 0.15) is 0 Å². The van der Waals surface area contributed by atoms with Crippen LogP contribution in [0.25, 0.3) is 16.6 Å². The lowest BCUT2D eigenvalue weighted by Gasteiger charge is -2.34. The number of hydrogen-bond donors (Lipinski definition) is 1. The van der Waals surface area contributed by atoms with Crippen LogP contribution in [-0.2, 0) is 0 Å². The van der Waals surface area contributed by atoms with E-state index in [1.54, 1.807) is 18.3 Å². The van der Waals surface area contributed by atoms with Gasteiger partial charge in [-0.25, -0.2) is 4.98 Å². The lowest BCUT2D eigenvalue weighted by atomic mass is 10.1. The van der Waals surface area contributed by atoms with Gasteiger partial charge in [-0.3, -0.25) is 14.0 Å². The molecule has 2 fully saturated rings. The third-order valence-corrected chi connectivity index (χ3v) is 6.43. The van der Waals surface area contributed by atoms with Crippen molar-refractivity contribution in [2.24, 2.45) is 0 Å². The first kappa shape index (κ1) is 19.1. The van der Waals surface area contributed by atoms with E-state index in [9.17, 15) is 9.59 Å². The number of nitrogens with zero attached hydrogens (tertiary/aromatic N) is 4. The van der Waals surface area contributed by atoms with Gasteiger partial charge in [0.05, 0.1) is 16.5 Å². The summed E-state index contributed by atoms with van der Waals surface area (Å²) in [5.41, 5.74) is 2.40. The molecule has 7 heteroatoms. The van der Waals surface area contributed by atoms with Crippen LogP contribution < -0.4 is 15.8 Å². The Morgan fingerprint density at radius 3 is 2.63 bits per heavy atom. The first-order valence-electron chi connectivity index (χ1n) is 10.8. The number of hydrogen-bond acceptors (Lipinski definition) is 5. The van der Waals surface area contributed by atoms with Gasteiger partial charge in [0.15, 0.2) is 5.65 Å². The van der Waals surface area contributed by atoms with Crippen LogP contribution in [0.1, 0.15) is 36.0 Å². The maximum absolute atomic E-state index is 13.3. The Balaban J connectivity index is 1.54. The number of benzene rings is 1. The minimum atomic E-state index is -0.152. The minimum absolute atomic E-state index is 0.138. The third-order valence-electron chi connectivity index (χ3n) is 6.43. The second-order valence-corrected chi connectivity index (χ2v) is 8.48. The molecule has 1 aromatic carbocycles. The molecule has 30 heavy (non-hydrogen) atoms. The fourth-order valence-electron chi connectivity index (χ4n) is 4.59. The van der Waals surface area contributed by atoms with Crippen molar-refractivity contribution in [2.75, 3.05) is 38.1 Å². The summed E-state index contributed by atoms with van der Waals surface area (Å²) >= 11 is 0. The van der Waals surface area contributed by atoms with Gasteiger partial charge in [-0.05, 0) is 50.2 Å². The number of rotatable bonds is 3. The van der Waals surface area contributed by atoms with E-state index in [2.05, 4.69) is 22.2 Å². The van der Waals surface area contributed by atoms with E-state index in [4.69, 9.17) is 4.98 Å². The first-order chi connectivity index (χ1) is 14.6. The molecule has 156 valence electrons. The summed E-state index contributed by atoms with van der Waals surface area (Å²) in [6.07, 6.45) is 6.03. The number of amides is 1. The lowest BCUT2D eigenvalue weighted by molar-refractivity contribution is 0.0939. The van der Waals surface area contributed by atoms with E-state index in [1.165, 1.54) is 4.40 Å². The highest BCUT2D eigenvalue weighted by Crippen LogP contribution is 2.22. The van der Waals surface area contributed by atoms with Crippen molar-refractivity contribution >= 4 is 28.1 Å². The highest BCUT2D eigenvalue weighted by molar-refractivity contribution is 6.00. The van der Waals surface area contributed by atoms with Crippen LogP contribution in [0.4, 0.5) is 5.69 Å². The Morgan fingerprint density at radius 2 is 1.87 bits per heavy atom. The van der Waals surface area contributed by atoms with Crippen molar-refractivity contribution in [1.29, 1.82) is 0 Å². The molecule has 0 radical (unpaired) electrons. The highest BCUT2D eigenvalue weighted by atomic mass is 16.2. The van der Waals surface area contributed by atoms with Crippen molar-refractivity contribution in [3.05, 3.63) is 52.4 Å². The number of nitrogens with one attached hydrogen (secondary N) is 1. The fourth-order valence-corrected chi connectivity index (χ4v) is 4.59. The summed E-state index contributed by atoms with van der Waals surface area (Å²) < 4.78 is 1.50. The number of fused-ring (bicyclic) bond motifs is 2. The molecular formula is C23H27N5O2. The predicted molar refractivity (Wildman–Crippen MR) is 118 cm³/mol. The number of carbonyl (C=O) groups excluding carboxylic acids is 1. The van der Waals surface area contributed by atoms with Crippen molar-refractivity contribution in [2.45, 2.75) is 31.7 Å². The molecule has 5 rings (SSSR count). The fraction of sp³-hybridized carbons (Fsp3) is 0.435. The molecule has 1 aliphatic carbocycles. The van der Waals surface area contributed by atoms with E-state index in [1.807, 2.05) is 18.2 Å². The molecule has 1 N–H and O–H groups in total. The zero-order valence-electron chi connectivity index (χ0n) is 17.3. The molecule has 0 bridgehead atoms. The van der Waals surface area contributed by atoms with Gasteiger partial charge >= 0.3 is 0 Å². The molecule has 2 aromatic heterocycles. The summed E-state index contributed by atoms with van der Waals surface area (Å²) in [6.45, 7) is 3.89. The predicted octanol–water partition coefficient (Wildman–Crippen LogP) is 2.27. The number of anilines is 1. The Hall–Kier alpha value is -2.93. The molecule has 1 saturated heterocycles. The molecule has 7 nitrogen and oxygen atoms in total. The average Bonchev–Trinajstić information content (AvgIpc) is 3.27. The standard InChI is InChI=1S/C23H27N5O2/c1-26-11-13-27(14-12-26)17-8-9-20-19(15-17)23(30)28-10-4-7-18(21(28)25-20)22(29)24-16-5-2-3-6-16/h4,7-10,15-16H,2-3,5-6,11-14H2,1H3,(H,24,29). The molecule has 1 saturated carbocycles. The number of piperazine rings is 1.